The lowest BCUT2D eigenvalue weighted by Crippen LogP contribution is -2.45. The minimum Gasteiger partial charge on any atom is -0.381 e. The summed E-state index contributed by atoms with van der Waals surface area (Å²) >= 11 is 0. The summed E-state index contributed by atoms with van der Waals surface area (Å²) in [5, 5.41) is 0. The molecule has 0 aromatic heterocycles. The van der Waals surface area contributed by atoms with Crippen LogP contribution in [0, 0.1) is 0 Å². The second-order valence-electron chi connectivity index (χ2n) is 4.34. The van der Waals surface area contributed by atoms with Crippen molar-refractivity contribution in [2.75, 3.05) is 61.0 Å². The highest BCUT2D eigenvalue weighted by Gasteiger charge is 2.15. The summed E-state index contributed by atoms with van der Waals surface area (Å²) in [6, 6.07) is 0. The molecule has 1 rings (SSSR count). The Kier molecular flexibility index (Phi) is 8.54. The third-order valence-electron chi connectivity index (χ3n) is 2.67. The molecule has 1 heterocycles. The Hall–Kier alpha value is -1.00. The van der Waals surface area contributed by atoms with E-state index >= 15 is 0 Å². The smallest absolute Gasteiger partial charge is 0.0960 e. The summed E-state index contributed by atoms with van der Waals surface area (Å²) in [6.07, 6.45) is 1.71. The minimum atomic E-state index is 0.653. The molecule has 4 nitrogen and oxygen atoms in total. The van der Waals surface area contributed by atoms with Gasteiger partial charge < -0.3 is 19.4 Å². The summed E-state index contributed by atoms with van der Waals surface area (Å²) in [7, 11) is 7.89. The van der Waals surface area contributed by atoms with E-state index in [1.165, 1.54) is 0 Å². The first-order valence-corrected chi connectivity index (χ1v) is 5.92. The number of methoxy groups -OCH3 is 1. The first-order chi connectivity index (χ1) is 8.02. The van der Waals surface area contributed by atoms with Gasteiger partial charge >= 0.3 is 0 Å². The van der Waals surface area contributed by atoms with Crippen molar-refractivity contribution < 1.29 is 4.74 Å². The molecule has 17 heavy (non-hydrogen) atoms. The van der Waals surface area contributed by atoms with Crippen molar-refractivity contribution in [1.29, 1.82) is 0 Å². The summed E-state index contributed by atoms with van der Waals surface area (Å²) < 4.78 is 4.57. The molecule has 0 spiro atoms. The maximum Gasteiger partial charge on any atom is 0.0960 e. The van der Waals surface area contributed by atoms with Gasteiger partial charge in [0, 0.05) is 47.4 Å². The van der Waals surface area contributed by atoms with Gasteiger partial charge in [0.15, 0.2) is 0 Å². The van der Waals surface area contributed by atoms with Gasteiger partial charge in [0.1, 0.15) is 0 Å². The SMILES string of the molecule is C=C(N(C)C)N1CCN(C)CC1.C=CCOC. The summed E-state index contributed by atoms with van der Waals surface area (Å²) in [5.74, 6) is 1.13. The lowest BCUT2D eigenvalue weighted by Gasteiger charge is -2.37. The van der Waals surface area contributed by atoms with Crippen LogP contribution < -0.4 is 0 Å². The van der Waals surface area contributed by atoms with E-state index in [0.29, 0.717) is 6.61 Å². The second-order valence-corrected chi connectivity index (χ2v) is 4.34. The van der Waals surface area contributed by atoms with E-state index in [-0.39, 0.29) is 0 Å². The molecular formula is C13H27N3O. The fourth-order valence-electron chi connectivity index (χ4n) is 1.47. The van der Waals surface area contributed by atoms with E-state index in [9.17, 15) is 0 Å². The van der Waals surface area contributed by atoms with Gasteiger partial charge in [0.25, 0.3) is 0 Å². The van der Waals surface area contributed by atoms with Crippen LogP contribution in [0.3, 0.4) is 0 Å². The molecule has 0 N–H and O–H groups in total. The predicted octanol–water partition coefficient (Wildman–Crippen LogP) is 1.09. The van der Waals surface area contributed by atoms with Gasteiger partial charge in [-0.05, 0) is 7.05 Å². The fraction of sp³-hybridized carbons (Fsp3) is 0.692. The minimum absolute atomic E-state index is 0.653. The van der Waals surface area contributed by atoms with Crippen LogP contribution in [0.5, 0.6) is 0 Å². The second kappa shape index (κ2) is 9.07. The zero-order chi connectivity index (χ0) is 13.3. The Morgan fingerprint density at radius 3 is 2.12 bits per heavy atom. The van der Waals surface area contributed by atoms with Gasteiger partial charge in [-0.25, -0.2) is 0 Å². The number of hydrogen-bond donors (Lipinski definition) is 0. The van der Waals surface area contributed by atoms with Gasteiger partial charge in [-0.3, -0.25) is 0 Å². The van der Waals surface area contributed by atoms with Gasteiger partial charge in [0.05, 0.1) is 12.4 Å². The molecule has 0 aromatic rings. The highest BCUT2D eigenvalue weighted by molar-refractivity contribution is 4.93. The highest BCUT2D eigenvalue weighted by atomic mass is 16.5. The molecule has 100 valence electrons. The molecule has 0 atom stereocenters. The fourth-order valence-corrected chi connectivity index (χ4v) is 1.47. The summed E-state index contributed by atoms with van der Waals surface area (Å²) in [4.78, 5) is 6.75. The van der Waals surface area contributed by atoms with Crippen LogP contribution in [0.25, 0.3) is 0 Å². The number of ether oxygens (including phenoxy) is 1. The number of piperazine rings is 1. The lowest BCUT2D eigenvalue weighted by atomic mass is 10.3. The molecule has 1 aliphatic rings. The van der Waals surface area contributed by atoms with Crippen LogP contribution in [0.2, 0.25) is 0 Å². The zero-order valence-corrected chi connectivity index (χ0v) is 11.8. The first-order valence-electron chi connectivity index (χ1n) is 5.92. The van der Waals surface area contributed by atoms with Gasteiger partial charge in [-0.1, -0.05) is 12.7 Å². The number of hydrogen-bond acceptors (Lipinski definition) is 4. The quantitative estimate of drug-likeness (QED) is 0.686. The van der Waals surface area contributed by atoms with E-state index in [1.807, 2.05) is 14.1 Å². The monoisotopic (exact) mass is 241 g/mol. The number of likely N-dealkylation sites (N-methyl/N-ethyl adjacent to an activating group) is 1. The van der Waals surface area contributed by atoms with Crippen molar-refractivity contribution in [3.63, 3.8) is 0 Å². The summed E-state index contributed by atoms with van der Waals surface area (Å²) in [5.41, 5.74) is 0. The van der Waals surface area contributed by atoms with E-state index < -0.39 is 0 Å². The lowest BCUT2D eigenvalue weighted by molar-refractivity contribution is 0.157. The normalized spacial score (nSPS) is 15.9. The Bertz CT molecular complexity index is 221. The van der Waals surface area contributed by atoms with Crippen LogP contribution in [0.4, 0.5) is 0 Å². The number of rotatable bonds is 4. The molecule has 1 aliphatic heterocycles. The first kappa shape index (κ1) is 16.0. The topological polar surface area (TPSA) is 19.0 Å². The average molecular weight is 241 g/mol. The maximum absolute atomic E-state index is 4.57. The molecule has 0 aromatic carbocycles. The van der Waals surface area contributed by atoms with Crippen LogP contribution >= 0.6 is 0 Å². The van der Waals surface area contributed by atoms with Crippen molar-refractivity contribution in [3.05, 3.63) is 25.1 Å². The van der Waals surface area contributed by atoms with Crippen LogP contribution in [0.1, 0.15) is 0 Å². The molecule has 1 fully saturated rings. The van der Waals surface area contributed by atoms with Crippen molar-refractivity contribution in [2.45, 2.75) is 0 Å². The zero-order valence-electron chi connectivity index (χ0n) is 11.8. The molecule has 0 radical (unpaired) electrons. The van der Waals surface area contributed by atoms with E-state index in [4.69, 9.17) is 0 Å². The Morgan fingerprint density at radius 1 is 1.29 bits per heavy atom. The largest absolute Gasteiger partial charge is 0.381 e. The van der Waals surface area contributed by atoms with Crippen LogP contribution in [0.15, 0.2) is 25.1 Å². The van der Waals surface area contributed by atoms with Crippen LogP contribution in [-0.2, 0) is 4.74 Å². The van der Waals surface area contributed by atoms with Gasteiger partial charge in [-0.15, -0.1) is 6.58 Å². The highest BCUT2D eigenvalue weighted by Crippen LogP contribution is 2.07. The Labute approximate surface area is 106 Å². The predicted molar refractivity (Wildman–Crippen MR) is 74.0 cm³/mol. The van der Waals surface area contributed by atoms with Crippen molar-refractivity contribution in [2.24, 2.45) is 0 Å². The molecule has 0 saturated carbocycles. The summed E-state index contributed by atoms with van der Waals surface area (Å²) in [6.45, 7) is 12.6. The van der Waals surface area contributed by atoms with Crippen LogP contribution in [-0.4, -0.2) is 75.7 Å². The number of nitrogens with zero attached hydrogens (tertiary/aromatic N) is 3. The molecule has 0 aliphatic carbocycles. The standard InChI is InChI=1S/C9H19N3.C4H8O/c1-9(10(2)3)12-7-5-11(4)6-8-12;1-3-4-5-2/h1,5-8H2,2-4H3;3H,1,4H2,2H3. The average Bonchev–Trinajstić information content (AvgIpc) is 2.31. The van der Waals surface area contributed by atoms with Gasteiger partial charge in [0.2, 0.25) is 0 Å². The van der Waals surface area contributed by atoms with E-state index in [0.717, 1.165) is 32.0 Å². The molecular weight excluding hydrogens is 214 g/mol. The maximum atomic E-state index is 4.57. The Balaban J connectivity index is 0.000000437. The molecule has 1 saturated heterocycles. The van der Waals surface area contributed by atoms with E-state index in [2.05, 4.69) is 39.6 Å². The van der Waals surface area contributed by atoms with Crippen molar-refractivity contribution >= 4 is 0 Å². The molecule has 4 heteroatoms. The molecule has 0 bridgehead atoms. The van der Waals surface area contributed by atoms with Crippen molar-refractivity contribution in [1.82, 2.24) is 14.7 Å². The van der Waals surface area contributed by atoms with Gasteiger partial charge in [-0.2, -0.15) is 0 Å². The molecule has 0 unspecified atom stereocenters. The molecule has 0 amide bonds. The van der Waals surface area contributed by atoms with E-state index in [1.54, 1.807) is 13.2 Å². The third kappa shape index (κ3) is 7.02. The Morgan fingerprint density at radius 2 is 1.82 bits per heavy atom. The van der Waals surface area contributed by atoms with Crippen molar-refractivity contribution in [3.8, 4) is 0 Å². The third-order valence-corrected chi connectivity index (χ3v) is 2.67.